The third-order valence-corrected chi connectivity index (χ3v) is 2.07. The van der Waals surface area contributed by atoms with E-state index in [0.29, 0.717) is 0 Å². The molecule has 0 amide bonds. The van der Waals surface area contributed by atoms with E-state index in [0.717, 1.165) is 18.3 Å². The van der Waals surface area contributed by atoms with Crippen LogP contribution in [0.4, 0.5) is 5.13 Å². The van der Waals surface area contributed by atoms with Crippen molar-refractivity contribution in [3.05, 3.63) is 11.1 Å². The van der Waals surface area contributed by atoms with Crippen LogP contribution in [0.25, 0.3) is 0 Å². The molecule has 1 heterocycles. The first-order valence-corrected chi connectivity index (χ1v) is 4.93. The van der Waals surface area contributed by atoms with Crippen molar-refractivity contribution < 1.29 is 14.4 Å². The topological polar surface area (TPSA) is 94.6 Å². The number of halogens is 2. The third kappa shape index (κ3) is 4.13. The van der Waals surface area contributed by atoms with E-state index in [2.05, 4.69) is 15.0 Å². The van der Waals surface area contributed by atoms with Gasteiger partial charge in [0.2, 0.25) is 0 Å². The van der Waals surface area contributed by atoms with E-state index in [9.17, 15) is 9.59 Å². The number of hydrogen-bond acceptors (Lipinski definition) is 7. The average Bonchev–Trinajstić information content (AvgIpc) is 2.51. The van der Waals surface area contributed by atoms with Crippen LogP contribution in [0, 0.1) is 0 Å². The van der Waals surface area contributed by atoms with Gasteiger partial charge in [-0.1, -0.05) is 5.16 Å². The van der Waals surface area contributed by atoms with Crippen LogP contribution in [-0.2, 0) is 14.4 Å². The Hall–Kier alpha value is -1.18. The van der Waals surface area contributed by atoms with Crippen LogP contribution in [0.5, 0.6) is 0 Å². The maximum Gasteiger partial charge on any atom is 0.332 e. The fourth-order valence-corrected chi connectivity index (χ4v) is 1.37. The smallest absolute Gasteiger partial charge is 0.332 e. The number of nitrogens with zero attached hydrogens (tertiary/aromatic N) is 2. The Labute approximate surface area is 106 Å². The van der Waals surface area contributed by atoms with E-state index in [1.54, 1.807) is 0 Å². The summed E-state index contributed by atoms with van der Waals surface area (Å²) in [6, 6.07) is 0. The minimum Gasteiger partial charge on any atom is -0.375 e. The van der Waals surface area contributed by atoms with Gasteiger partial charge in [0, 0.05) is 12.3 Å². The Bertz CT molecular complexity index is 432. The second-order valence-electron chi connectivity index (χ2n) is 2.37. The summed E-state index contributed by atoms with van der Waals surface area (Å²) in [5, 5.41) is 4.15. The molecule has 0 atom stereocenters. The first-order chi connectivity index (χ1) is 7.00. The summed E-state index contributed by atoms with van der Waals surface area (Å²) in [6.45, 7) is 1.15. The molecule has 1 aromatic rings. The molecular weight excluding hydrogens is 277 g/mol. The Balaban J connectivity index is 0.00000225. The van der Waals surface area contributed by atoms with Gasteiger partial charge in [-0.3, -0.25) is 4.79 Å². The summed E-state index contributed by atoms with van der Waals surface area (Å²) >= 11 is 6.35. The summed E-state index contributed by atoms with van der Waals surface area (Å²) < 4.78 is 0. The lowest BCUT2D eigenvalue weighted by Crippen LogP contribution is -2.11. The number of nitrogen functional groups attached to an aromatic ring is 1. The Kier molecular flexibility index (Phi) is 5.94. The highest BCUT2D eigenvalue weighted by atomic mass is 35.5. The lowest BCUT2D eigenvalue weighted by molar-refractivity contribution is -0.140. The van der Waals surface area contributed by atoms with Gasteiger partial charge in [-0.15, -0.1) is 23.7 Å². The molecular formula is C7H7Cl2N3O3S. The average molecular weight is 284 g/mol. The second-order valence-corrected chi connectivity index (χ2v) is 3.60. The summed E-state index contributed by atoms with van der Waals surface area (Å²) in [4.78, 5) is 29.5. The molecule has 0 aromatic carbocycles. The molecule has 0 aliphatic carbocycles. The van der Waals surface area contributed by atoms with Gasteiger partial charge in [0.05, 0.1) is 0 Å². The normalized spacial score (nSPS) is 10.5. The first-order valence-electron chi connectivity index (χ1n) is 3.67. The molecule has 0 saturated heterocycles. The fourth-order valence-electron chi connectivity index (χ4n) is 0.690. The molecule has 0 spiro atoms. The van der Waals surface area contributed by atoms with Gasteiger partial charge >= 0.3 is 5.97 Å². The number of anilines is 1. The maximum atomic E-state index is 10.9. The van der Waals surface area contributed by atoms with Crippen LogP contribution in [0.1, 0.15) is 12.6 Å². The summed E-state index contributed by atoms with van der Waals surface area (Å²) in [5.41, 5.74) is 5.29. The number of rotatable bonds is 3. The number of nitrogens with two attached hydrogens (primary N) is 1. The highest BCUT2D eigenvalue weighted by Gasteiger charge is 2.16. The number of carbonyl (C=O) groups excluding carboxylic acids is 2. The molecule has 88 valence electrons. The Morgan fingerprint density at radius 2 is 2.25 bits per heavy atom. The molecule has 1 rings (SSSR count). The van der Waals surface area contributed by atoms with Gasteiger partial charge in [-0.25, -0.2) is 9.78 Å². The number of thiazole rings is 1. The molecule has 2 N–H and O–H groups in total. The minimum absolute atomic E-state index is 0. The van der Waals surface area contributed by atoms with Crippen molar-refractivity contribution in [3.8, 4) is 0 Å². The minimum atomic E-state index is -0.874. The van der Waals surface area contributed by atoms with Gasteiger partial charge in [0.1, 0.15) is 5.69 Å². The van der Waals surface area contributed by atoms with E-state index in [-0.39, 0.29) is 28.9 Å². The van der Waals surface area contributed by atoms with Crippen LogP contribution in [0.2, 0.25) is 0 Å². The van der Waals surface area contributed by atoms with Crippen molar-refractivity contribution >= 4 is 57.4 Å². The third-order valence-electron chi connectivity index (χ3n) is 1.22. The van der Waals surface area contributed by atoms with Crippen molar-refractivity contribution in [2.45, 2.75) is 6.92 Å². The lowest BCUT2D eigenvalue weighted by atomic mass is 10.3. The number of hydrogen-bond donors (Lipinski definition) is 1. The van der Waals surface area contributed by atoms with Crippen molar-refractivity contribution in [2.24, 2.45) is 5.16 Å². The Morgan fingerprint density at radius 1 is 1.62 bits per heavy atom. The van der Waals surface area contributed by atoms with Crippen LogP contribution in [0.3, 0.4) is 0 Å². The molecule has 0 unspecified atom stereocenters. The zero-order valence-corrected chi connectivity index (χ0v) is 10.4. The Morgan fingerprint density at radius 3 is 2.62 bits per heavy atom. The van der Waals surface area contributed by atoms with E-state index in [1.165, 1.54) is 5.38 Å². The monoisotopic (exact) mass is 283 g/mol. The predicted molar refractivity (Wildman–Crippen MR) is 62.9 cm³/mol. The second kappa shape index (κ2) is 6.41. The summed E-state index contributed by atoms with van der Waals surface area (Å²) in [6.07, 6.45) is 0. The molecule has 0 bridgehead atoms. The molecule has 0 aliphatic heterocycles. The van der Waals surface area contributed by atoms with Gasteiger partial charge in [-0.2, -0.15) is 0 Å². The van der Waals surface area contributed by atoms with Gasteiger partial charge in [-0.05, 0) is 11.6 Å². The molecule has 0 fully saturated rings. The van der Waals surface area contributed by atoms with E-state index in [1.807, 2.05) is 0 Å². The molecule has 6 nitrogen and oxygen atoms in total. The van der Waals surface area contributed by atoms with Gasteiger partial charge < -0.3 is 10.6 Å². The van der Waals surface area contributed by atoms with Crippen LogP contribution < -0.4 is 5.73 Å². The quantitative estimate of drug-likeness (QED) is 0.389. The van der Waals surface area contributed by atoms with Crippen LogP contribution in [-0.4, -0.2) is 21.9 Å². The standard InChI is InChI=1S/C7H6ClN3O3S.ClH/c1-3(12)14-11-5(6(8)13)4-2-15-7(9)10-4;/h2H,1H3,(H2,9,10);1H/b11-5-;. The highest BCUT2D eigenvalue weighted by molar-refractivity contribution is 7.13. The zero-order chi connectivity index (χ0) is 11.4. The lowest BCUT2D eigenvalue weighted by Gasteiger charge is -1.95. The largest absolute Gasteiger partial charge is 0.375 e. The van der Waals surface area contributed by atoms with E-state index < -0.39 is 11.2 Å². The number of aromatic nitrogens is 1. The molecule has 16 heavy (non-hydrogen) atoms. The van der Waals surface area contributed by atoms with Gasteiger partial charge in [0.25, 0.3) is 5.24 Å². The zero-order valence-electron chi connectivity index (χ0n) is 7.97. The fraction of sp³-hybridized carbons (Fsp3) is 0.143. The summed E-state index contributed by atoms with van der Waals surface area (Å²) in [5.74, 6) is -0.659. The van der Waals surface area contributed by atoms with Crippen molar-refractivity contribution in [2.75, 3.05) is 5.73 Å². The van der Waals surface area contributed by atoms with Crippen molar-refractivity contribution in [3.63, 3.8) is 0 Å². The van der Waals surface area contributed by atoms with E-state index >= 15 is 0 Å². The predicted octanol–water partition coefficient (Wildman–Crippen LogP) is 1.18. The molecule has 0 radical (unpaired) electrons. The van der Waals surface area contributed by atoms with Crippen LogP contribution >= 0.6 is 35.3 Å². The highest BCUT2D eigenvalue weighted by Crippen LogP contribution is 2.13. The molecule has 9 heteroatoms. The van der Waals surface area contributed by atoms with Crippen LogP contribution in [0.15, 0.2) is 10.5 Å². The van der Waals surface area contributed by atoms with Gasteiger partial charge in [0.15, 0.2) is 10.8 Å². The van der Waals surface area contributed by atoms with Crippen molar-refractivity contribution in [1.29, 1.82) is 0 Å². The van der Waals surface area contributed by atoms with E-state index in [4.69, 9.17) is 17.3 Å². The molecule has 1 aromatic heterocycles. The number of carbonyl (C=O) groups is 2. The summed E-state index contributed by atoms with van der Waals surface area (Å²) in [7, 11) is 0. The number of oxime groups is 1. The molecule has 0 aliphatic rings. The van der Waals surface area contributed by atoms with Crippen molar-refractivity contribution in [1.82, 2.24) is 4.98 Å². The molecule has 0 saturated carbocycles. The SMILES string of the molecule is CC(=O)O/N=C(\C(=O)Cl)c1csc(N)n1.Cl. The first kappa shape index (κ1) is 14.8. The maximum absolute atomic E-state index is 10.9.